The zero-order valence-electron chi connectivity index (χ0n) is 57.0. The number of hydrogen-bond acceptors (Lipinski definition) is 0. The van der Waals surface area contributed by atoms with Crippen LogP contribution in [-0.4, -0.2) is 0 Å². The highest BCUT2D eigenvalue weighted by Crippen LogP contribution is 2.18. The topological polar surface area (TPSA) is 0 Å². The van der Waals surface area contributed by atoms with Crippen molar-refractivity contribution in [2.24, 2.45) is 0 Å². The average Bonchev–Trinajstić information content (AvgIpc) is 3.65. The number of rotatable bonds is 2. The Bertz CT molecular complexity index is 1880. The van der Waals surface area contributed by atoms with Gasteiger partial charge in [0.25, 0.3) is 0 Å². The summed E-state index contributed by atoms with van der Waals surface area (Å²) in [6, 6.07) is 106. The van der Waals surface area contributed by atoms with Gasteiger partial charge in [-0.3, -0.25) is 0 Å². The molecule has 0 fully saturated rings. The molecular weight excluding hydrogens is 985 g/mol. The number of fused-ring (bicyclic) bond motifs is 1. The van der Waals surface area contributed by atoms with Gasteiger partial charge in [-0.25, -0.2) is 0 Å². The molecule has 0 spiro atoms. The first-order chi connectivity index (χ1) is 40.9. The summed E-state index contributed by atoms with van der Waals surface area (Å²) in [4.78, 5) is 0. The van der Waals surface area contributed by atoms with Crippen molar-refractivity contribution < 1.29 is 0 Å². The second-order valence-corrected chi connectivity index (χ2v) is 12.4. The van der Waals surface area contributed by atoms with Gasteiger partial charge in [0.1, 0.15) is 0 Å². The molecule has 0 N–H and O–H groups in total. The van der Waals surface area contributed by atoms with Crippen molar-refractivity contribution in [2.75, 3.05) is 0 Å². The molecule has 0 aliphatic heterocycles. The zero-order chi connectivity index (χ0) is 64.2. The summed E-state index contributed by atoms with van der Waals surface area (Å²) in [5.41, 5.74) is 5.10. The summed E-state index contributed by atoms with van der Waals surface area (Å²) < 4.78 is 0. The van der Waals surface area contributed by atoms with Gasteiger partial charge in [0.15, 0.2) is 0 Å². The minimum Gasteiger partial charge on any atom is -0.0683 e. The van der Waals surface area contributed by atoms with E-state index in [1.54, 1.807) is 0 Å². The van der Waals surface area contributed by atoms with Crippen molar-refractivity contribution in [3.63, 3.8) is 0 Å². The molecule has 0 bridgehead atoms. The first-order valence-electron chi connectivity index (χ1n) is 31.5. The SMILES string of the molecule is CC.CC.CC.CC.CC.CC.CC.CC.CC.CC.CC.CC.c1ccc(-c2ccccc2)cc1.c1ccc(-c2ccccc2)cc1.c1ccc2ccccc2c1.c1ccccc1.c1ccccc1.c1ccccc1.c1ccccc1. The maximum Gasteiger partial charge on any atom is -0.0184 e. The van der Waals surface area contributed by atoms with Crippen molar-refractivity contribution in [1.82, 2.24) is 0 Å². The molecule has 0 aliphatic carbocycles. The van der Waals surface area contributed by atoms with E-state index in [2.05, 4.69) is 146 Å². The Morgan fingerprint density at radius 2 is 0.171 bits per heavy atom. The summed E-state index contributed by atoms with van der Waals surface area (Å²) in [5.74, 6) is 0. The quantitative estimate of drug-likeness (QED) is 0.162. The summed E-state index contributed by atoms with van der Waals surface area (Å²) in [5, 5.41) is 2.62. The van der Waals surface area contributed by atoms with Crippen LogP contribution >= 0.6 is 0 Å². The number of benzene rings is 10. The van der Waals surface area contributed by atoms with Crippen molar-refractivity contribution in [1.29, 1.82) is 0 Å². The Hall–Kier alpha value is -7.54. The molecule has 10 rings (SSSR count). The van der Waals surface area contributed by atoms with Crippen molar-refractivity contribution >= 4 is 10.8 Å². The minimum atomic E-state index is 1.28. The molecule has 10 aromatic rings. The predicted molar refractivity (Wildman–Crippen MR) is 390 cm³/mol. The van der Waals surface area contributed by atoms with Crippen LogP contribution in [0.25, 0.3) is 33.0 Å². The van der Waals surface area contributed by atoms with Crippen LogP contribution in [0.1, 0.15) is 166 Å². The van der Waals surface area contributed by atoms with E-state index in [0.717, 1.165) is 0 Å². The van der Waals surface area contributed by atoms with E-state index in [1.807, 2.05) is 336 Å². The lowest BCUT2D eigenvalue weighted by molar-refractivity contribution is 1.50. The number of hydrogen-bond donors (Lipinski definition) is 0. The molecule has 452 valence electrons. The van der Waals surface area contributed by atoms with Crippen molar-refractivity contribution in [3.05, 3.63) is 315 Å². The first kappa shape index (κ1) is 93.8. The van der Waals surface area contributed by atoms with E-state index in [9.17, 15) is 0 Å². The Morgan fingerprint density at radius 3 is 0.268 bits per heavy atom. The van der Waals surface area contributed by atoms with E-state index in [1.165, 1.54) is 33.0 Å². The fourth-order valence-corrected chi connectivity index (χ4v) is 5.19. The zero-order valence-corrected chi connectivity index (χ0v) is 57.0. The van der Waals surface area contributed by atoms with Gasteiger partial charge in [-0.1, -0.05) is 482 Å². The molecule has 0 aliphatic rings. The van der Waals surface area contributed by atoms with Gasteiger partial charge in [-0.15, -0.1) is 0 Å². The fourth-order valence-electron chi connectivity index (χ4n) is 5.19. The highest BCUT2D eigenvalue weighted by Gasteiger charge is 1.93. The second-order valence-electron chi connectivity index (χ2n) is 12.4. The largest absolute Gasteiger partial charge is 0.0683 e. The molecule has 0 heterocycles. The molecule has 0 heteroatoms. The third-order valence-electron chi connectivity index (χ3n) is 8.09. The molecule has 10 aromatic carbocycles. The first-order valence-corrected chi connectivity index (χ1v) is 31.5. The molecule has 82 heavy (non-hydrogen) atoms. The van der Waals surface area contributed by atoms with Gasteiger partial charge >= 0.3 is 0 Å². The van der Waals surface area contributed by atoms with Gasteiger partial charge in [-0.05, 0) is 33.0 Å². The molecule has 0 atom stereocenters. The van der Waals surface area contributed by atoms with Crippen LogP contribution in [0.5, 0.6) is 0 Å². The van der Waals surface area contributed by atoms with E-state index in [4.69, 9.17) is 0 Å². The van der Waals surface area contributed by atoms with E-state index < -0.39 is 0 Å². The van der Waals surface area contributed by atoms with E-state index in [0.29, 0.717) is 0 Å². The van der Waals surface area contributed by atoms with Gasteiger partial charge in [0.05, 0.1) is 0 Å². The summed E-state index contributed by atoms with van der Waals surface area (Å²) in [6.07, 6.45) is 0. The van der Waals surface area contributed by atoms with Crippen molar-refractivity contribution in [3.8, 4) is 22.3 Å². The van der Waals surface area contributed by atoms with E-state index in [-0.39, 0.29) is 0 Å². The average molecular weight is 1110 g/mol. The lowest BCUT2D eigenvalue weighted by atomic mass is 10.1. The summed E-state index contributed by atoms with van der Waals surface area (Å²) in [7, 11) is 0. The summed E-state index contributed by atoms with van der Waals surface area (Å²) in [6.45, 7) is 48.0. The molecule has 0 nitrogen and oxygen atoms in total. The monoisotopic (exact) mass is 1110 g/mol. The lowest BCUT2D eigenvalue weighted by Crippen LogP contribution is -1.73. The predicted octanol–water partition coefficient (Wildman–Crippen LogP) is 28.6. The third kappa shape index (κ3) is 66.7. The maximum absolute atomic E-state index is 2.12. The molecule has 0 aromatic heterocycles. The Labute approximate surface area is 511 Å². The highest BCUT2D eigenvalue weighted by molar-refractivity contribution is 5.82. The van der Waals surface area contributed by atoms with Crippen LogP contribution in [0.2, 0.25) is 0 Å². The van der Waals surface area contributed by atoms with Crippen LogP contribution in [-0.2, 0) is 0 Å². The van der Waals surface area contributed by atoms with Crippen LogP contribution in [0, 0.1) is 0 Å². The van der Waals surface area contributed by atoms with Gasteiger partial charge < -0.3 is 0 Å². The molecule has 0 saturated carbocycles. The van der Waals surface area contributed by atoms with Gasteiger partial charge in [0.2, 0.25) is 0 Å². The second kappa shape index (κ2) is 98.9. The van der Waals surface area contributed by atoms with Crippen LogP contribution in [0.3, 0.4) is 0 Å². The highest BCUT2D eigenvalue weighted by atomic mass is 14.0. The smallest absolute Gasteiger partial charge is 0.0184 e. The minimum absolute atomic E-state index is 1.28. The molecule has 0 amide bonds. The third-order valence-corrected chi connectivity index (χ3v) is 8.09. The molecule has 0 radical (unpaired) electrons. The van der Waals surface area contributed by atoms with Crippen LogP contribution < -0.4 is 0 Å². The Balaban J connectivity index is -0.000000103. The van der Waals surface area contributed by atoms with Gasteiger partial charge in [0, 0.05) is 0 Å². The van der Waals surface area contributed by atoms with Crippen LogP contribution in [0.15, 0.2) is 315 Å². The van der Waals surface area contributed by atoms with Crippen molar-refractivity contribution in [2.45, 2.75) is 166 Å². The molecule has 0 unspecified atom stereocenters. The Morgan fingerprint density at radius 1 is 0.0976 bits per heavy atom. The maximum atomic E-state index is 2.12. The molecule has 0 saturated heterocycles. The standard InChI is InChI=1S/2C12H10.C10H8.4C6H6.12C2H6/c2*1-3-7-11(8-4-1)12-9-5-2-6-10-12;1-2-6-10-8-4-3-7-9(10)5-1;4*1-2-4-6-5-3-1;12*1-2/h2*1-10H;1-8H;4*1-6H;12*1-2H3. The van der Waals surface area contributed by atoms with Gasteiger partial charge in [-0.2, -0.15) is 0 Å². The van der Waals surface area contributed by atoms with Crippen LogP contribution in [0.4, 0.5) is 0 Å². The lowest BCUT2D eigenvalue weighted by Gasteiger charge is -1.98. The molecular formula is C82H124. The fraction of sp³-hybridized carbons (Fsp3) is 0.293. The Kier molecular flexibility index (Phi) is 113. The summed E-state index contributed by atoms with van der Waals surface area (Å²) >= 11 is 0. The normalized spacial score (nSPS) is 7.27. The van der Waals surface area contributed by atoms with E-state index >= 15 is 0 Å².